The van der Waals surface area contributed by atoms with Crippen molar-refractivity contribution in [3.63, 3.8) is 0 Å². The van der Waals surface area contributed by atoms with Crippen LogP contribution < -0.4 is 0 Å². The number of hydrogen-bond donors (Lipinski definition) is 1. The summed E-state index contributed by atoms with van der Waals surface area (Å²) in [4.78, 5) is 36.0. The largest absolute Gasteiger partial charge is 0.480 e. The first-order valence-corrected chi connectivity index (χ1v) is 6.27. The Kier molecular flexibility index (Phi) is 6.19. The molecule has 7 heteroatoms. The maximum atomic E-state index is 11.7. The van der Waals surface area contributed by atoms with Crippen molar-refractivity contribution in [2.75, 3.05) is 27.2 Å². The number of benzene rings is 1. The molecular formula is C14H18N2O5. The summed E-state index contributed by atoms with van der Waals surface area (Å²) in [6, 6.07) is 9.15. The number of carboxylic acid groups (broad SMARTS) is 1. The molecule has 114 valence electrons. The molecule has 0 aliphatic carbocycles. The van der Waals surface area contributed by atoms with E-state index in [0.29, 0.717) is 0 Å². The van der Waals surface area contributed by atoms with Crippen molar-refractivity contribution >= 4 is 18.0 Å². The molecule has 0 radical (unpaired) electrons. The Labute approximate surface area is 122 Å². The first kappa shape index (κ1) is 16.5. The lowest BCUT2D eigenvalue weighted by atomic mass is 10.2. The maximum absolute atomic E-state index is 11.7. The number of likely N-dealkylation sites (N-methyl/N-ethyl adjacent to an activating group) is 2. The molecule has 0 bridgehead atoms. The van der Waals surface area contributed by atoms with Gasteiger partial charge in [-0.2, -0.15) is 0 Å². The van der Waals surface area contributed by atoms with Crippen LogP contribution >= 0.6 is 0 Å². The molecule has 1 rings (SSSR count). The van der Waals surface area contributed by atoms with Crippen molar-refractivity contribution in [3.8, 4) is 0 Å². The Morgan fingerprint density at radius 2 is 1.67 bits per heavy atom. The molecule has 1 aromatic rings. The predicted octanol–water partition coefficient (Wildman–Crippen LogP) is 0.798. The van der Waals surface area contributed by atoms with Gasteiger partial charge in [0.2, 0.25) is 5.91 Å². The van der Waals surface area contributed by atoms with Crippen LogP contribution in [0.4, 0.5) is 4.79 Å². The van der Waals surface area contributed by atoms with Gasteiger partial charge >= 0.3 is 12.1 Å². The topological polar surface area (TPSA) is 87.2 Å². The molecule has 0 aliphatic heterocycles. The van der Waals surface area contributed by atoms with E-state index < -0.39 is 24.5 Å². The summed E-state index contributed by atoms with van der Waals surface area (Å²) in [5.41, 5.74) is 0.841. The van der Waals surface area contributed by atoms with Crippen molar-refractivity contribution < 1.29 is 24.2 Å². The lowest BCUT2D eigenvalue weighted by Gasteiger charge is -2.20. The zero-order valence-corrected chi connectivity index (χ0v) is 12.0. The van der Waals surface area contributed by atoms with E-state index in [4.69, 9.17) is 9.84 Å². The molecular weight excluding hydrogens is 276 g/mol. The number of amides is 2. The molecule has 21 heavy (non-hydrogen) atoms. The summed E-state index contributed by atoms with van der Waals surface area (Å²) >= 11 is 0. The molecule has 0 atom stereocenters. The van der Waals surface area contributed by atoms with Crippen molar-refractivity contribution in [1.82, 2.24) is 9.80 Å². The highest BCUT2D eigenvalue weighted by Crippen LogP contribution is 2.02. The molecule has 0 unspecified atom stereocenters. The first-order valence-electron chi connectivity index (χ1n) is 6.27. The van der Waals surface area contributed by atoms with Gasteiger partial charge in [-0.3, -0.25) is 9.59 Å². The van der Waals surface area contributed by atoms with Gasteiger partial charge in [-0.05, 0) is 5.56 Å². The average molecular weight is 294 g/mol. The minimum atomic E-state index is -1.11. The van der Waals surface area contributed by atoms with Crippen molar-refractivity contribution in [1.29, 1.82) is 0 Å². The normalized spacial score (nSPS) is 9.81. The monoisotopic (exact) mass is 294 g/mol. The summed E-state index contributed by atoms with van der Waals surface area (Å²) in [6.45, 7) is -0.535. The lowest BCUT2D eigenvalue weighted by molar-refractivity contribution is -0.143. The van der Waals surface area contributed by atoms with Crippen LogP contribution in [0.5, 0.6) is 0 Å². The molecule has 0 aliphatic rings. The number of rotatable bonds is 6. The third kappa shape index (κ3) is 5.94. The molecule has 0 spiro atoms. The number of aliphatic carboxylic acids is 1. The summed E-state index contributed by atoms with van der Waals surface area (Å²) < 4.78 is 5.05. The fourth-order valence-corrected chi connectivity index (χ4v) is 1.51. The van der Waals surface area contributed by atoms with Crippen LogP contribution in [-0.4, -0.2) is 60.1 Å². The fraction of sp³-hybridized carbons (Fsp3) is 0.357. The molecule has 0 aromatic heterocycles. The van der Waals surface area contributed by atoms with Gasteiger partial charge in [-0.25, -0.2) is 4.79 Å². The highest BCUT2D eigenvalue weighted by Gasteiger charge is 2.18. The van der Waals surface area contributed by atoms with Gasteiger partial charge in [0, 0.05) is 14.1 Å². The maximum Gasteiger partial charge on any atom is 0.410 e. The Bertz CT molecular complexity index is 503. The van der Waals surface area contributed by atoms with Gasteiger partial charge in [0.15, 0.2) is 0 Å². The Morgan fingerprint density at radius 1 is 1.05 bits per heavy atom. The molecule has 1 N–H and O–H groups in total. The number of carbonyl (C=O) groups is 3. The fourth-order valence-electron chi connectivity index (χ4n) is 1.51. The quantitative estimate of drug-likeness (QED) is 0.838. The first-order chi connectivity index (χ1) is 9.90. The second kappa shape index (κ2) is 7.88. The van der Waals surface area contributed by atoms with E-state index in [-0.39, 0.29) is 13.2 Å². The van der Waals surface area contributed by atoms with E-state index in [9.17, 15) is 14.4 Å². The molecule has 7 nitrogen and oxygen atoms in total. The van der Waals surface area contributed by atoms with Gasteiger partial charge in [0.05, 0.1) is 0 Å². The molecule has 0 fully saturated rings. The third-order valence-electron chi connectivity index (χ3n) is 2.69. The summed E-state index contributed by atoms with van der Waals surface area (Å²) in [7, 11) is 2.78. The minimum absolute atomic E-state index is 0.114. The molecule has 0 saturated heterocycles. The number of carbonyl (C=O) groups excluding carboxylic acids is 2. The Morgan fingerprint density at radius 3 is 2.24 bits per heavy atom. The van der Waals surface area contributed by atoms with E-state index in [1.807, 2.05) is 30.3 Å². The molecule has 0 saturated carbocycles. The summed E-state index contributed by atoms with van der Waals surface area (Å²) in [5.74, 6) is -1.59. The van der Waals surface area contributed by atoms with Crippen LogP contribution in [0.2, 0.25) is 0 Å². The van der Waals surface area contributed by atoms with E-state index in [1.54, 1.807) is 0 Å². The second-order valence-electron chi connectivity index (χ2n) is 4.54. The number of hydrogen-bond acceptors (Lipinski definition) is 4. The minimum Gasteiger partial charge on any atom is -0.480 e. The van der Waals surface area contributed by atoms with Gasteiger partial charge < -0.3 is 19.6 Å². The third-order valence-corrected chi connectivity index (χ3v) is 2.69. The van der Waals surface area contributed by atoms with Gasteiger partial charge in [-0.15, -0.1) is 0 Å². The van der Waals surface area contributed by atoms with E-state index >= 15 is 0 Å². The van der Waals surface area contributed by atoms with E-state index in [1.165, 1.54) is 14.1 Å². The number of nitrogens with zero attached hydrogens (tertiary/aromatic N) is 2. The zero-order chi connectivity index (χ0) is 15.8. The number of ether oxygens (including phenoxy) is 1. The van der Waals surface area contributed by atoms with Crippen molar-refractivity contribution in [3.05, 3.63) is 35.9 Å². The average Bonchev–Trinajstić information content (AvgIpc) is 2.44. The van der Waals surface area contributed by atoms with Crippen molar-refractivity contribution in [2.45, 2.75) is 6.61 Å². The second-order valence-corrected chi connectivity index (χ2v) is 4.54. The van der Waals surface area contributed by atoms with Crippen molar-refractivity contribution in [2.24, 2.45) is 0 Å². The standard InChI is InChI=1S/C14H18N2O5/c1-15(9-13(18)19)12(17)8-16(2)14(20)21-10-11-6-4-3-5-7-11/h3-7H,8-10H2,1-2H3,(H,18,19). The number of carboxylic acids is 1. The van der Waals surface area contributed by atoms with E-state index in [0.717, 1.165) is 15.4 Å². The molecule has 2 amide bonds. The van der Waals surface area contributed by atoms with Crippen LogP contribution in [0.15, 0.2) is 30.3 Å². The summed E-state index contributed by atoms with van der Waals surface area (Å²) in [5, 5.41) is 8.59. The smallest absolute Gasteiger partial charge is 0.410 e. The Hall–Kier alpha value is -2.57. The Balaban J connectivity index is 2.40. The summed E-state index contributed by atoms with van der Waals surface area (Å²) in [6.07, 6.45) is -0.643. The van der Waals surface area contributed by atoms with Gasteiger partial charge in [0.25, 0.3) is 0 Å². The lowest BCUT2D eigenvalue weighted by Crippen LogP contribution is -2.41. The van der Waals surface area contributed by atoms with Gasteiger partial charge in [-0.1, -0.05) is 30.3 Å². The zero-order valence-electron chi connectivity index (χ0n) is 12.0. The van der Waals surface area contributed by atoms with Crippen LogP contribution in [0.1, 0.15) is 5.56 Å². The highest BCUT2D eigenvalue weighted by molar-refractivity contribution is 5.84. The molecule has 1 aromatic carbocycles. The van der Waals surface area contributed by atoms with Crippen LogP contribution in [0.25, 0.3) is 0 Å². The van der Waals surface area contributed by atoms with Crippen LogP contribution in [0.3, 0.4) is 0 Å². The SMILES string of the molecule is CN(CC(=O)O)C(=O)CN(C)C(=O)OCc1ccccc1. The molecule has 0 heterocycles. The van der Waals surface area contributed by atoms with Gasteiger partial charge in [0.1, 0.15) is 19.7 Å². The van der Waals surface area contributed by atoms with Crippen LogP contribution in [0, 0.1) is 0 Å². The van der Waals surface area contributed by atoms with E-state index in [2.05, 4.69) is 0 Å². The predicted molar refractivity (Wildman–Crippen MR) is 74.5 cm³/mol. The van der Waals surface area contributed by atoms with Crippen LogP contribution in [-0.2, 0) is 20.9 Å². The highest BCUT2D eigenvalue weighted by atomic mass is 16.6.